The van der Waals surface area contributed by atoms with Crippen molar-refractivity contribution in [2.75, 3.05) is 14.2 Å². The van der Waals surface area contributed by atoms with Gasteiger partial charge in [-0.05, 0) is 26.3 Å². The topological polar surface area (TPSA) is 55.8 Å². The molecule has 2 heterocycles. The molecule has 0 N–H and O–H groups in total. The Balaban J connectivity index is 1.73. The van der Waals surface area contributed by atoms with Crippen molar-refractivity contribution < 1.29 is 19.1 Å². The normalized spacial score (nSPS) is 37.1. The van der Waals surface area contributed by atoms with Gasteiger partial charge in [-0.1, -0.05) is 24.3 Å². The molecule has 3 aliphatic rings. The van der Waals surface area contributed by atoms with Crippen molar-refractivity contribution in [3.63, 3.8) is 0 Å². The number of allylic oxidation sites excluding steroid dienone is 3. The van der Waals surface area contributed by atoms with Gasteiger partial charge in [0.1, 0.15) is 12.0 Å². The Bertz CT molecular complexity index is 513. The lowest BCUT2D eigenvalue weighted by molar-refractivity contribution is -0.170. The third-order valence-corrected chi connectivity index (χ3v) is 5.24. The third kappa shape index (κ3) is 2.70. The number of hydrogen-bond acceptors (Lipinski definition) is 5. The van der Waals surface area contributed by atoms with Crippen molar-refractivity contribution >= 4 is 11.9 Å². The van der Waals surface area contributed by atoms with E-state index >= 15 is 0 Å². The zero-order valence-corrected chi connectivity index (χ0v) is 13.1. The number of fused-ring (bicyclic) bond motifs is 2. The first kappa shape index (κ1) is 15.3. The highest BCUT2D eigenvalue weighted by atomic mass is 16.6. The second-order valence-electron chi connectivity index (χ2n) is 6.38. The molecule has 2 aliphatic heterocycles. The summed E-state index contributed by atoms with van der Waals surface area (Å²) in [7, 11) is 3.45. The molecule has 0 aromatic heterocycles. The van der Waals surface area contributed by atoms with Crippen molar-refractivity contribution in [3.05, 3.63) is 24.3 Å². The molecule has 2 fully saturated rings. The van der Waals surface area contributed by atoms with E-state index in [1.54, 1.807) is 0 Å². The van der Waals surface area contributed by atoms with E-state index < -0.39 is 0 Å². The predicted molar refractivity (Wildman–Crippen MR) is 81.0 cm³/mol. The molecule has 0 spiro atoms. The van der Waals surface area contributed by atoms with Gasteiger partial charge in [0, 0.05) is 18.5 Å². The largest absolute Gasteiger partial charge is 0.469 e. The van der Waals surface area contributed by atoms with Gasteiger partial charge in [-0.3, -0.25) is 14.5 Å². The van der Waals surface area contributed by atoms with E-state index in [2.05, 4.69) is 4.90 Å². The number of esters is 2. The zero-order chi connectivity index (χ0) is 15.7. The highest BCUT2D eigenvalue weighted by Gasteiger charge is 2.51. The maximum absolute atomic E-state index is 12.4. The average Bonchev–Trinajstić information content (AvgIpc) is 2.78. The Kier molecular flexibility index (Phi) is 4.34. The molecular weight excluding hydrogens is 282 g/mol. The Morgan fingerprint density at radius 1 is 1.18 bits per heavy atom. The lowest BCUT2D eigenvalue weighted by atomic mass is 9.87. The third-order valence-electron chi connectivity index (χ3n) is 5.24. The van der Waals surface area contributed by atoms with E-state index in [9.17, 15) is 9.59 Å². The van der Waals surface area contributed by atoms with Crippen LogP contribution in [-0.4, -0.2) is 49.2 Å². The van der Waals surface area contributed by atoms with Crippen molar-refractivity contribution in [1.82, 2.24) is 4.90 Å². The summed E-state index contributed by atoms with van der Waals surface area (Å²) in [5, 5.41) is 0. The van der Waals surface area contributed by atoms with Crippen LogP contribution in [0, 0.1) is 11.8 Å². The molecule has 22 heavy (non-hydrogen) atoms. The first-order valence-electron chi connectivity index (χ1n) is 7.95. The molecule has 0 amide bonds. The van der Waals surface area contributed by atoms with E-state index in [-0.39, 0.29) is 35.9 Å². The first-order valence-corrected chi connectivity index (χ1v) is 7.95. The minimum Gasteiger partial charge on any atom is -0.469 e. The predicted octanol–water partition coefficient (Wildman–Crippen LogP) is 1.69. The molecule has 1 aliphatic carbocycles. The summed E-state index contributed by atoms with van der Waals surface area (Å²) in [6, 6.07) is 0.510. The van der Waals surface area contributed by atoms with Crippen LogP contribution in [0.15, 0.2) is 24.3 Å². The summed E-state index contributed by atoms with van der Waals surface area (Å²) < 4.78 is 10.7. The second-order valence-corrected chi connectivity index (χ2v) is 6.38. The van der Waals surface area contributed by atoms with Crippen LogP contribution >= 0.6 is 0 Å². The monoisotopic (exact) mass is 305 g/mol. The van der Waals surface area contributed by atoms with Gasteiger partial charge < -0.3 is 9.47 Å². The standard InChI is InChI=1S/C17H23NO4/c1-18-12-8-9-13(18)15(17(20)21-2)14(10-12)22-16(19)11-6-4-3-5-7-11/h3-6,11-15H,7-10H2,1-2H3/t11?,12-,13+,14+,15-/m1/s1. The first-order chi connectivity index (χ1) is 10.6. The van der Waals surface area contributed by atoms with Crippen LogP contribution in [0.1, 0.15) is 25.7 Å². The van der Waals surface area contributed by atoms with E-state index in [4.69, 9.17) is 9.47 Å². The molecule has 2 bridgehead atoms. The van der Waals surface area contributed by atoms with Gasteiger partial charge in [0.2, 0.25) is 0 Å². The minimum absolute atomic E-state index is 0.116. The molecule has 0 radical (unpaired) electrons. The Morgan fingerprint density at radius 2 is 2.00 bits per heavy atom. The number of nitrogens with zero attached hydrogens (tertiary/aromatic N) is 1. The Labute approximate surface area is 130 Å². The fraction of sp³-hybridized carbons (Fsp3) is 0.647. The molecule has 3 rings (SSSR count). The van der Waals surface area contributed by atoms with Crippen LogP contribution in [0.25, 0.3) is 0 Å². The summed E-state index contributed by atoms with van der Waals surface area (Å²) >= 11 is 0. The highest BCUT2D eigenvalue weighted by Crippen LogP contribution is 2.40. The SMILES string of the molecule is COC(=O)[C@H]1[C@@H](OC(=O)C2C=CC=CC2)C[C@H]2CC[C@@H]1N2C. The van der Waals surface area contributed by atoms with Gasteiger partial charge >= 0.3 is 11.9 Å². The lowest BCUT2D eigenvalue weighted by Gasteiger charge is -2.41. The van der Waals surface area contributed by atoms with Crippen LogP contribution < -0.4 is 0 Å². The van der Waals surface area contributed by atoms with Gasteiger partial charge in [0.25, 0.3) is 0 Å². The molecule has 1 unspecified atom stereocenters. The van der Waals surface area contributed by atoms with Crippen molar-refractivity contribution in [1.29, 1.82) is 0 Å². The molecule has 120 valence electrons. The Hall–Kier alpha value is -1.62. The number of piperidine rings is 1. The van der Waals surface area contributed by atoms with Crippen molar-refractivity contribution in [2.45, 2.75) is 43.9 Å². The quantitative estimate of drug-likeness (QED) is 0.743. The maximum atomic E-state index is 12.4. The van der Waals surface area contributed by atoms with Gasteiger partial charge in [0.05, 0.1) is 13.0 Å². The van der Waals surface area contributed by atoms with Gasteiger partial charge in [0.15, 0.2) is 0 Å². The zero-order valence-electron chi connectivity index (χ0n) is 13.1. The fourth-order valence-corrected chi connectivity index (χ4v) is 3.98. The molecular formula is C17H23NO4. The minimum atomic E-state index is -0.374. The fourth-order valence-electron chi connectivity index (χ4n) is 3.98. The van der Waals surface area contributed by atoms with Crippen molar-refractivity contribution in [2.24, 2.45) is 11.8 Å². The number of hydrogen-bond donors (Lipinski definition) is 0. The smallest absolute Gasteiger partial charge is 0.314 e. The molecule has 0 saturated carbocycles. The van der Waals surface area contributed by atoms with Crippen LogP contribution in [0.3, 0.4) is 0 Å². The number of methoxy groups -OCH3 is 1. The molecule has 5 atom stereocenters. The molecule has 5 heteroatoms. The van der Waals surface area contributed by atoms with E-state index in [1.807, 2.05) is 31.4 Å². The molecule has 0 aromatic rings. The number of carbonyl (C=O) groups is 2. The number of ether oxygens (including phenoxy) is 2. The van der Waals surface area contributed by atoms with E-state index in [0.29, 0.717) is 18.9 Å². The average molecular weight is 305 g/mol. The summed E-state index contributed by atoms with van der Waals surface area (Å²) in [6.45, 7) is 0. The maximum Gasteiger partial charge on any atom is 0.314 e. The summed E-state index contributed by atoms with van der Waals surface area (Å²) in [5.41, 5.74) is 0. The number of rotatable bonds is 3. The number of carbonyl (C=O) groups excluding carboxylic acids is 2. The van der Waals surface area contributed by atoms with Crippen LogP contribution in [0.2, 0.25) is 0 Å². The highest BCUT2D eigenvalue weighted by molar-refractivity contribution is 5.78. The van der Waals surface area contributed by atoms with Gasteiger partial charge in [-0.15, -0.1) is 0 Å². The van der Waals surface area contributed by atoms with Crippen molar-refractivity contribution in [3.8, 4) is 0 Å². The molecule has 5 nitrogen and oxygen atoms in total. The molecule has 0 aromatic carbocycles. The van der Waals surface area contributed by atoms with E-state index in [1.165, 1.54) is 7.11 Å². The van der Waals surface area contributed by atoms with Crippen LogP contribution in [-0.2, 0) is 19.1 Å². The summed E-state index contributed by atoms with van der Waals surface area (Å²) in [5.74, 6) is -1.11. The van der Waals surface area contributed by atoms with Gasteiger partial charge in [-0.2, -0.15) is 0 Å². The second kappa shape index (κ2) is 6.24. The van der Waals surface area contributed by atoms with Crippen LogP contribution in [0.5, 0.6) is 0 Å². The van der Waals surface area contributed by atoms with E-state index in [0.717, 1.165) is 12.8 Å². The van der Waals surface area contributed by atoms with Crippen LogP contribution in [0.4, 0.5) is 0 Å². The summed E-state index contributed by atoms with van der Waals surface area (Å²) in [4.78, 5) is 26.8. The lowest BCUT2D eigenvalue weighted by Crippen LogP contribution is -2.53. The molecule has 2 saturated heterocycles. The van der Waals surface area contributed by atoms with Gasteiger partial charge in [-0.25, -0.2) is 0 Å². The Morgan fingerprint density at radius 3 is 2.68 bits per heavy atom. The summed E-state index contributed by atoms with van der Waals surface area (Å²) in [6.07, 6.45) is 10.6.